The second kappa shape index (κ2) is 12.4. The zero-order valence-electron chi connectivity index (χ0n) is 18.6. The van der Waals surface area contributed by atoms with Crippen molar-refractivity contribution in [3.8, 4) is 0 Å². The fraction of sp³-hybridized carbons (Fsp3) is 1.00. The van der Waals surface area contributed by atoms with E-state index in [1.54, 1.807) is 0 Å². The van der Waals surface area contributed by atoms with E-state index in [0.29, 0.717) is 0 Å². The molecule has 2 aliphatic rings. The summed E-state index contributed by atoms with van der Waals surface area (Å²) in [5.74, 6) is 6.13. The van der Waals surface area contributed by atoms with Gasteiger partial charge in [0.25, 0.3) is 0 Å². The first-order valence-electron chi connectivity index (χ1n) is 12.3. The van der Waals surface area contributed by atoms with Crippen LogP contribution in [0.4, 0.5) is 0 Å². The number of unbranched alkanes of at least 4 members (excludes halogenated alkanes) is 7. The second-order valence-corrected chi connectivity index (χ2v) is 10.2. The van der Waals surface area contributed by atoms with E-state index in [1.165, 1.54) is 96.6 Å². The lowest BCUT2D eigenvalue weighted by atomic mass is 9.94. The summed E-state index contributed by atoms with van der Waals surface area (Å²) in [7, 11) is 0. The van der Waals surface area contributed by atoms with Crippen LogP contribution in [0.3, 0.4) is 0 Å². The van der Waals surface area contributed by atoms with E-state index >= 15 is 0 Å². The summed E-state index contributed by atoms with van der Waals surface area (Å²) in [5, 5.41) is 3.82. The van der Waals surface area contributed by atoms with Crippen LogP contribution in [-0.2, 0) is 0 Å². The molecule has 1 N–H and O–H groups in total. The lowest BCUT2D eigenvalue weighted by Crippen LogP contribution is -2.19. The van der Waals surface area contributed by atoms with Crippen molar-refractivity contribution in [1.82, 2.24) is 5.32 Å². The minimum Gasteiger partial charge on any atom is -0.316 e. The Morgan fingerprint density at radius 3 is 2.08 bits per heavy atom. The molecule has 0 aromatic heterocycles. The van der Waals surface area contributed by atoms with Crippen molar-refractivity contribution in [2.24, 2.45) is 35.5 Å². The highest BCUT2D eigenvalue weighted by Crippen LogP contribution is 2.60. The average Bonchev–Trinajstić information content (AvgIpc) is 3.51. The molecule has 0 radical (unpaired) electrons. The molecule has 0 bridgehead atoms. The minimum atomic E-state index is 0.875. The maximum absolute atomic E-state index is 3.82. The van der Waals surface area contributed by atoms with Gasteiger partial charge < -0.3 is 5.32 Å². The average molecular weight is 364 g/mol. The fourth-order valence-electron chi connectivity index (χ4n) is 5.13. The maximum Gasteiger partial charge on any atom is -0.00149 e. The van der Waals surface area contributed by atoms with Crippen molar-refractivity contribution >= 4 is 0 Å². The Balaban J connectivity index is 1.49. The predicted molar refractivity (Wildman–Crippen MR) is 117 cm³/mol. The number of nitrogens with one attached hydrogen (secondary N) is 1. The summed E-state index contributed by atoms with van der Waals surface area (Å²) in [4.78, 5) is 0. The molecular weight excluding hydrogens is 314 g/mol. The van der Waals surface area contributed by atoms with E-state index in [1.807, 2.05) is 0 Å². The van der Waals surface area contributed by atoms with Gasteiger partial charge in [0.1, 0.15) is 0 Å². The van der Waals surface area contributed by atoms with Crippen molar-refractivity contribution in [3.05, 3.63) is 0 Å². The van der Waals surface area contributed by atoms with Crippen molar-refractivity contribution in [3.63, 3.8) is 0 Å². The van der Waals surface area contributed by atoms with Crippen LogP contribution in [0.2, 0.25) is 0 Å². The molecule has 4 atom stereocenters. The maximum atomic E-state index is 3.82. The first kappa shape index (κ1) is 22.3. The molecule has 0 heterocycles. The summed E-state index contributed by atoms with van der Waals surface area (Å²) in [6, 6.07) is 0. The summed E-state index contributed by atoms with van der Waals surface area (Å²) in [6.07, 6.45) is 18.9. The van der Waals surface area contributed by atoms with Crippen LogP contribution in [0.15, 0.2) is 0 Å². The summed E-state index contributed by atoms with van der Waals surface area (Å²) < 4.78 is 0. The molecular formula is C25H49N. The Morgan fingerprint density at radius 1 is 0.808 bits per heavy atom. The molecule has 0 amide bonds. The van der Waals surface area contributed by atoms with Crippen molar-refractivity contribution in [2.75, 3.05) is 13.1 Å². The normalized spacial score (nSPS) is 26.4. The lowest BCUT2D eigenvalue weighted by molar-refractivity contribution is 0.392. The van der Waals surface area contributed by atoms with Crippen LogP contribution in [0.1, 0.15) is 111 Å². The van der Waals surface area contributed by atoms with Gasteiger partial charge in [0.15, 0.2) is 0 Å². The van der Waals surface area contributed by atoms with Crippen molar-refractivity contribution in [2.45, 2.75) is 111 Å². The molecule has 2 rings (SSSR count). The van der Waals surface area contributed by atoms with Crippen LogP contribution < -0.4 is 5.32 Å². The molecule has 1 heteroatoms. The van der Waals surface area contributed by atoms with Gasteiger partial charge in [-0.2, -0.15) is 0 Å². The third kappa shape index (κ3) is 8.77. The lowest BCUT2D eigenvalue weighted by Gasteiger charge is -2.13. The van der Waals surface area contributed by atoms with Gasteiger partial charge >= 0.3 is 0 Å². The summed E-state index contributed by atoms with van der Waals surface area (Å²) in [5.41, 5.74) is 0. The largest absolute Gasteiger partial charge is 0.316 e. The van der Waals surface area contributed by atoms with Crippen LogP contribution >= 0.6 is 0 Å². The standard InChI is InChI=1S/C25H49N/c1-5-6-7-8-9-10-11-12-17-26-19-24-23(25(24)22-15-16-22)18-21(4)14-13-20(2)3/h20-26H,5-19H2,1-4H3. The van der Waals surface area contributed by atoms with Gasteiger partial charge in [0, 0.05) is 0 Å². The van der Waals surface area contributed by atoms with E-state index in [9.17, 15) is 0 Å². The molecule has 2 fully saturated rings. The van der Waals surface area contributed by atoms with E-state index in [-0.39, 0.29) is 0 Å². The topological polar surface area (TPSA) is 12.0 Å². The molecule has 0 aliphatic heterocycles. The smallest absolute Gasteiger partial charge is 0.00149 e. The van der Waals surface area contributed by atoms with E-state index in [2.05, 4.69) is 33.0 Å². The first-order chi connectivity index (χ1) is 12.6. The highest BCUT2D eigenvalue weighted by molar-refractivity contribution is 5.05. The molecule has 2 aliphatic carbocycles. The highest BCUT2D eigenvalue weighted by atomic mass is 14.9. The Bertz CT molecular complexity index is 346. The van der Waals surface area contributed by atoms with Gasteiger partial charge in [-0.05, 0) is 74.3 Å². The van der Waals surface area contributed by atoms with Gasteiger partial charge in [0.05, 0.1) is 0 Å². The van der Waals surface area contributed by atoms with E-state index in [4.69, 9.17) is 0 Å². The van der Waals surface area contributed by atoms with Crippen LogP contribution in [0, 0.1) is 35.5 Å². The predicted octanol–water partition coefficient (Wildman–Crippen LogP) is 7.45. The summed E-state index contributed by atoms with van der Waals surface area (Å²) >= 11 is 0. The van der Waals surface area contributed by atoms with Gasteiger partial charge in [-0.25, -0.2) is 0 Å². The van der Waals surface area contributed by atoms with Gasteiger partial charge in [-0.3, -0.25) is 0 Å². The quantitative estimate of drug-likeness (QED) is 0.265. The molecule has 0 aromatic carbocycles. The minimum absolute atomic E-state index is 0.875. The van der Waals surface area contributed by atoms with Gasteiger partial charge in [0.2, 0.25) is 0 Å². The van der Waals surface area contributed by atoms with Crippen LogP contribution in [-0.4, -0.2) is 13.1 Å². The first-order valence-corrected chi connectivity index (χ1v) is 12.3. The Morgan fingerprint density at radius 2 is 1.46 bits per heavy atom. The number of hydrogen-bond donors (Lipinski definition) is 1. The van der Waals surface area contributed by atoms with Gasteiger partial charge in [-0.1, -0.05) is 85.5 Å². The molecule has 2 saturated carbocycles. The second-order valence-electron chi connectivity index (χ2n) is 10.2. The fourth-order valence-corrected chi connectivity index (χ4v) is 5.13. The molecule has 0 spiro atoms. The monoisotopic (exact) mass is 363 g/mol. The Labute approximate surface area is 165 Å². The SMILES string of the molecule is CCCCCCCCCCNCC1C(CC(C)CCC(C)C)C1C1CC1. The summed E-state index contributed by atoms with van der Waals surface area (Å²) in [6.45, 7) is 12.1. The van der Waals surface area contributed by atoms with E-state index < -0.39 is 0 Å². The Hall–Kier alpha value is -0.0400. The number of rotatable bonds is 17. The molecule has 1 nitrogen and oxygen atoms in total. The molecule has 0 aromatic rings. The highest BCUT2D eigenvalue weighted by Gasteiger charge is 2.55. The van der Waals surface area contributed by atoms with Crippen LogP contribution in [0.5, 0.6) is 0 Å². The molecule has 4 unspecified atom stereocenters. The van der Waals surface area contributed by atoms with Gasteiger partial charge in [-0.15, -0.1) is 0 Å². The third-order valence-electron chi connectivity index (χ3n) is 7.06. The van der Waals surface area contributed by atoms with Crippen LogP contribution in [0.25, 0.3) is 0 Å². The molecule has 0 saturated heterocycles. The van der Waals surface area contributed by atoms with E-state index in [0.717, 1.165) is 35.5 Å². The Kier molecular flexibility index (Phi) is 10.6. The van der Waals surface area contributed by atoms with Crippen molar-refractivity contribution < 1.29 is 0 Å². The molecule has 26 heavy (non-hydrogen) atoms. The molecule has 154 valence electrons. The zero-order valence-corrected chi connectivity index (χ0v) is 18.6. The zero-order chi connectivity index (χ0) is 18.8. The number of hydrogen-bond acceptors (Lipinski definition) is 1. The third-order valence-corrected chi connectivity index (χ3v) is 7.06. The van der Waals surface area contributed by atoms with Crippen molar-refractivity contribution in [1.29, 1.82) is 0 Å².